The van der Waals surface area contributed by atoms with Crippen molar-refractivity contribution in [1.82, 2.24) is 9.55 Å². The minimum atomic E-state index is -0.0328. The van der Waals surface area contributed by atoms with Gasteiger partial charge in [0.1, 0.15) is 10.7 Å². The molecule has 6 nitrogen and oxygen atoms in total. The summed E-state index contributed by atoms with van der Waals surface area (Å²) in [6.45, 7) is 4.61. The number of ether oxygens (including phenoxy) is 2. The number of phenolic OH excluding ortho intramolecular Hbond substituents is 1. The molecule has 3 heterocycles. The van der Waals surface area contributed by atoms with E-state index in [9.17, 15) is 9.90 Å². The van der Waals surface area contributed by atoms with E-state index in [0.717, 1.165) is 38.2 Å². The molecule has 27 heavy (non-hydrogen) atoms. The molecule has 140 valence electrons. The molecule has 0 radical (unpaired) electrons. The molecule has 1 aliphatic heterocycles. The van der Waals surface area contributed by atoms with Gasteiger partial charge in [0.15, 0.2) is 11.5 Å². The van der Waals surface area contributed by atoms with E-state index < -0.39 is 0 Å². The van der Waals surface area contributed by atoms with E-state index in [4.69, 9.17) is 14.5 Å². The van der Waals surface area contributed by atoms with Crippen LogP contribution in [0.1, 0.15) is 28.2 Å². The topological polar surface area (TPSA) is 73.6 Å². The predicted molar refractivity (Wildman–Crippen MR) is 107 cm³/mol. The number of aromatic hydroxyl groups is 1. The highest BCUT2D eigenvalue weighted by Crippen LogP contribution is 2.39. The second kappa shape index (κ2) is 6.42. The number of phenols is 1. The average Bonchev–Trinajstić information content (AvgIpc) is 3.18. The number of methoxy groups -OCH3 is 2. The van der Waals surface area contributed by atoms with E-state index in [1.54, 1.807) is 28.0 Å². The van der Waals surface area contributed by atoms with E-state index in [1.165, 1.54) is 14.2 Å². The van der Waals surface area contributed by atoms with Crippen LogP contribution >= 0.6 is 11.3 Å². The summed E-state index contributed by atoms with van der Waals surface area (Å²) in [5, 5.41) is 10.8. The van der Waals surface area contributed by atoms with Crippen molar-refractivity contribution in [3.05, 3.63) is 44.3 Å². The minimum absolute atomic E-state index is 0.0288. The molecular weight excluding hydrogens is 364 g/mol. The van der Waals surface area contributed by atoms with Gasteiger partial charge in [0.05, 0.1) is 19.6 Å². The normalized spacial score (nSPS) is 14.7. The summed E-state index contributed by atoms with van der Waals surface area (Å²) in [4.78, 5) is 19.6. The molecule has 0 saturated heterocycles. The van der Waals surface area contributed by atoms with Crippen molar-refractivity contribution in [2.75, 3.05) is 14.2 Å². The Labute approximate surface area is 160 Å². The van der Waals surface area contributed by atoms with Crippen LogP contribution < -0.4 is 15.0 Å². The van der Waals surface area contributed by atoms with Gasteiger partial charge in [-0.05, 0) is 55.2 Å². The lowest BCUT2D eigenvalue weighted by atomic mass is 10.1. The van der Waals surface area contributed by atoms with Crippen LogP contribution in [0.25, 0.3) is 21.9 Å². The van der Waals surface area contributed by atoms with Gasteiger partial charge in [0.25, 0.3) is 5.56 Å². The van der Waals surface area contributed by atoms with Crippen LogP contribution in [-0.4, -0.2) is 28.9 Å². The van der Waals surface area contributed by atoms with Crippen molar-refractivity contribution in [2.24, 2.45) is 0 Å². The summed E-state index contributed by atoms with van der Waals surface area (Å²) >= 11 is 1.56. The number of hydrogen-bond acceptors (Lipinski definition) is 6. The Morgan fingerprint density at radius 3 is 2.52 bits per heavy atom. The van der Waals surface area contributed by atoms with Crippen molar-refractivity contribution in [1.29, 1.82) is 0 Å². The molecule has 0 amide bonds. The van der Waals surface area contributed by atoms with Crippen LogP contribution in [0.4, 0.5) is 0 Å². The fourth-order valence-electron chi connectivity index (χ4n) is 3.46. The molecule has 0 unspecified atom stereocenters. The van der Waals surface area contributed by atoms with Gasteiger partial charge < -0.3 is 14.6 Å². The highest BCUT2D eigenvalue weighted by Gasteiger charge is 2.23. The third-order valence-corrected chi connectivity index (χ3v) is 6.12. The number of nitrogens with zero attached hydrogens (tertiary/aromatic N) is 2. The van der Waals surface area contributed by atoms with E-state index in [-0.39, 0.29) is 11.3 Å². The van der Waals surface area contributed by atoms with Crippen molar-refractivity contribution >= 4 is 33.2 Å². The number of hydrogen-bond donors (Lipinski definition) is 1. The first-order valence-corrected chi connectivity index (χ1v) is 9.42. The number of aryl methyl sites for hydroxylation is 2. The van der Waals surface area contributed by atoms with E-state index in [2.05, 4.69) is 0 Å². The van der Waals surface area contributed by atoms with Crippen molar-refractivity contribution < 1.29 is 14.6 Å². The molecule has 1 aromatic carbocycles. The van der Waals surface area contributed by atoms with E-state index >= 15 is 0 Å². The van der Waals surface area contributed by atoms with Crippen LogP contribution in [0.15, 0.2) is 16.9 Å². The summed E-state index contributed by atoms with van der Waals surface area (Å²) in [6, 6.07) is 3.48. The van der Waals surface area contributed by atoms with E-state index in [0.29, 0.717) is 23.9 Å². The fraction of sp³-hybridized carbons (Fsp3) is 0.300. The zero-order chi connectivity index (χ0) is 19.3. The standard InChI is InChI=1S/C20H20N2O4S/c1-10-11(2)27-19-16(10)20(24)22-6-5-13(18(22)21-19)7-12-8-14(25-3)17(23)15(9-12)26-4/h7-9,23H,5-6H2,1-4H3/b13-7+. The molecule has 0 fully saturated rings. The van der Waals surface area contributed by atoms with Gasteiger partial charge in [-0.25, -0.2) is 4.98 Å². The Morgan fingerprint density at radius 2 is 1.89 bits per heavy atom. The van der Waals surface area contributed by atoms with Gasteiger partial charge in [-0.1, -0.05) is 0 Å². The molecular formula is C20H20N2O4S. The van der Waals surface area contributed by atoms with Gasteiger partial charge in [-0.15, -0.1) is 11.3 Å². The lowest BCUT2D eigenvalue weighted by Gasteiger charge is -2.10. The first-order valence-electron chi connectivity index (χ1n) is 8.61. The maximum Gasteiger partial charge on any atom is 0.262 e. The van der Waals surface area contributed by atoms with Crippen LogP contribution in [0, 0.1) is 13.8 Å². The summed E-state index contributed by atoms with van der Waals surface area (Å²) in [6.07, 6.45) is 2.69. The Bertz CT molecular complexity index is 1130. The van der Waals surface area contributed by atoms with E-state index in [1.807, 2.05) is 19.9 Å². The van der Waals surface area contributed by atoms with Gasteiger partial charge in [-0.3, -0.25) is 9.36 Å². The van der Waals surface area contributed by atoms with Crippen molar-refractivity contribution in [2.45, 2.75) is 26.8 Å². The molecule has 0 saturated carbocycles. The lowest BCUT2D eigenvalue weighted by molar-refractivity contribution is 0.340. The quantitative estimate of drug-likeness (QED) is 0.745. The number of allylic oxidation sites excluding steroid dienone is 1. The molecule has 1 aliphatic rings. The fourth-order valence-corrected chi connectivity index (χ4v) is 4.48. The molecule has 7 heteroatoms. The SMILES string of the molecule is COc1cc(/C=C2\CCn3c2nc2sc(C)c(C)c2c3=O)cc(OC)c1O. The third kappa shape index (κ3) is 2.70. The molecule has 0 spiro atoms. The predicted octanol–water partition coefficient (Wildman–Crippen LogP) is 3.74. The molecule has 0 aliphatic carbocycles. The van der Waals surface area contributed by atoms with Crippen molar-refractivity contribution in [3.63, 3.8) is 0 Å². The van der Waals surface area contributed by atoms with Crippen molar-refractivity contribution in [3.8, 4) is 17.2 Å². The number of thiophene rings is 1. The molecule has 1 N–H and O–H groups in total. The monoisotopic (exact) mass is 384 g/mol. The van der Waals surface area contributed by atoms with Crippen LogP contribution in [0.3, 0.4) is 0 Å². The minimum Gasteiger partial charge on any atom is -0.502 e. The number of benzene rings is 1. The van der Waals surface area contributed by atoms with Gasteiger partial charge in [0.2, 0.25) is 5.75 Å². The maximum absolute atomic E-state index is 12.9. The third-order valence-electron chi connectivity index (χ3n) is 5.02. The van der Waals surface area contributed by atoms with Gasteiger partial charge in [-0.2, -0.15) is 0 Å². The number of aromatic nitrogens is 2. The second-order valence-electron chi connectivity index (χ2n) is 6.55. The lowest BCUT2D eigenvalue weighted by Crippen LogP contribution is -2.20. The Balaban J connectivity index is 1.88. The second-order valence-corrected chi connectivity index (χ2v) is 7.75. The highest BCUT2D eigenvalue weighted by atomic mass is 32.1. The molecule has 3 aromatic rings. The van der Waals surface area contributed by atoms with Gasteiger partial charge in [0, 0.05) is 11.4 Å². The van der Waals surface area contributed by atoms with Crippen LogP contribution in [-0.2, 0) is 6.54 Å². The maximum atomic E-state index is 12.9. The smallest absolute Gasteiger partial charge is 0.262 e. The molecule has 2 aromatic heterocycles. The first kappa shape index (κ1) is 17.6. The number of fused-ring (bicyclic) bond motifs is 2. The number of rotatable bonds is 3. The zero-order valence-electron chi connectivity index (χ0n) is 15.6. The largest absolute Gasteiger partial charge is 0.502 e. The zero-order valence-corrected chi connectivity index (χ0v) is 16.4. The average molecular weight is 384 g/mol. The molecule has 4 rings (SSSR count). The van der Waals surface area contributed by atoms with Gasteiger partial charge >= 0.3 is 0 Å². The summed E-state index contributed by atoms with van der Waals surface area (Å²) in [5.41, 5.74) is 2.85. The Hall–Kier alpha value is -2.80. The first-order chi connectivity index (χ1) is 12.9. The molecule has 0 atom stereocenters. The summed E-state index contributed by atoms with van der Waals surface area (Å²) in [7, 11) is 2.99. The summed E-state index contributed by atoms with van der Waals surface area (Å²) < 4.78 is 12.2. The summed E-state index contributed by atoms with van der Waals surface area (Å²) in [5.74, 6) is 1.35. The van der Waals surface area contributed by atoms with Crippen LogP contribution in [0.5, 0.6) is 17.2 Å². The Morgan fingerprint density at radius 1 is 1.22 bits per heavy atom. The highest BCUT2D eigenvalue weighted by molar-refractivity contribution is 7.18. The molecule has 0 bridgehead atoms. The van der Waals surface area contributed by atoms with Crippen LogP contribution in [0.2, 0.25) is 0 Å². The Kier molecular flexibility index (Phi) is 4.19.